The van der Waals surface area contributed by atoms with Crippen molar-refractivity contribution in [3.63, 3.8) is 0 Å². The SMILES string of the molecule is Cc1cccc(Cl)c1OCc1ccc(C(=O)Nc2nn(Cc3ccccc3F)cc2Cl)o1. The summed E-state index contributed by atoms with van der Waals surface area (Å²) >= 11 is 12.3. The fraction of sp³-hybridized carbons (Fsp3) is 0.130. The number of carbonyl (C=O) groups is 1. The van der Waals surface area contributed by atoms with Crippen molar-refractivity contribution in [1.82, 2.24) is 9.78 Å². The molecule has 1 amide bonds. The molecule has 6 nitrogen and oxygen atoms in total. The quantitative estimate of drug-likeness (QED) is 0.351. The standard InChI is InChI=1S/C23H18Cl2FN3O3/c1-14-5-4-7-17(24)21(14)31-13-16-9-10-20(32-16)23(30)27-22-18(25)12-29(28-22)11-15-6-2-3-8-19(15)26/h2-10,12H,11,13H2,1H3,(H,27,28,30). The third kappa shape index (κ3) is 4.95. The van der Waals surface area contributed by atoms with Crippen LogP contribution in [0, 0.1) is 12.7 Å². The van der Waals surface area contributed by atoms with E-state index in [4.69, 9.17) is 32.4 Å². The van der Waals surface area contributed by atoms with Gasteiger partial charge in [0.1, 0.15) is 29.0 Å². The Morgan fingerprint density at radius 1 is 1.12 bits per heavy atom. The van der Waals surface area contributed by atoms with Crippen LogP contribution >= 0.6 is 23.2 Å². The maximum atomic E-state index is 13.9. The Kier molecular flexibility index (Phi) is 6.48. The normalized spacial score (nSPS) is 10.9. The van der Waals surface area contributed by atoms with Gasteiger partial charge in [0.05, 0.1) is 11.6 Å². The minimum atomic E-state index is -0.525. The predicted molar refractivity (Wildman–Crippen MR) is 120 cm³/mol. The predicted octanol–water partition coefficient (Wildman–Crippen LogP) is 6.11. The molecule has 164 valence electrons. The molecule has 0 bridgehead atoms. The topological polar surface area (TPSA) is 69.3 Å². The first-order chi connectivity index (χ1) is 15.4. The largest absolute Gasteiger partial charge is 0.484 e. The van der Waals surface area contributed by atoms with Gasteiger partial charge in [0.15, 0.2) is 11.6 Å². The van der Waals surface area contributed by atoms with Gasteiger partial charge in [-0.25, -0.2) is 4.39 Å². The Morgan fingerprint density at radius 2 is 1.94 bits per heavy atom. The van der Waals surface area contributed by atoms with Crippen LogP contribution < -0.4 is 10.1 Å². The molecule has 0 aliphatic rings. The van der Waals surface area contributed by atoms with Crippen molar-refractivity contribution in [2.24, 2.45) is 0 Å². The van der Waals surface area contributed by atoms with Gasteiger partial charge in [0.2, 0.25) is 0 Å². The molecule has 0 radical (unpaired) electrons. The zero-order chi connectivity index (χ0) is 22.7. The summed E-state index contributed by atoms with van der Waals surface area (Å²) in [4.78, 5) is 12.5. The number of hydrogen-bond donors (Lipinski definition) is 1. The Balaban J connectivity index is 1.40. The van der Waals surface area contributed by atoms with Crippen LogP contribution in [0.3, 0.4) is 0 Å². The van der Waals surface area contributed by atoms with E-state index in [1.807, 2.05) is 19.1 Å². The van der Waals surface area contributed by atoms with Crippen LogP contribution in [0.25, 0.3) is 0 Å². The van der Waals surface area contributed by atoms with Crippen LogP contribution in [0.1, 0.15) is 27.4 Å². The van der Waals surface area contributed by atoms with Crippen LogP contribution in [-0.4, -0.2) is 15.7 Å². The summed E-state index contributed by atoms with van der Waals surface area (Å²) in [6, 6.07) is 15.0. The number of carbonyl (C=O) groups excluding carboxylic acids is 1. The molecule has 0 aliphatic heterocycles. The molecule has 2 aromatic carbocycles. The van der Waals surface area contributed by atoms with Crippen molar-refractivity contribution in [1.29, 1.82) is 0 Å². The van der Waals surface area contributed by atoms with E-state index in [0.717, 1.165) is 5.56 Å². The molecule has 1 N–H and O–H groups in total. The minimum Gasteiger partial charge on any atom is -0.484 e. The number of ether oxygens (including phenoxy) is 1. The fourth-order valence-electron chi connectivity index (χ4n) is 3.05. The summed E-state index contributed by atoms with van der Waals surface area (Å²) in [5.41, 5.74) is 1.34. The first-order valence-electron chi connectivity index (χ1n) is 9.65. The van der Waals surface area contributed by atoms with Crippen LogP contribution in [0.4, 0.5) is 10.2 Å². The summed E-state index contributed by atoms with van der Waals surface area (Å²) in [7, 11) is 0. The number of benzene rings is 2. The molecule has 0 saturated carbocycles. The van der Waals surface area contributed by atoms with Crippen molar-refractivity contribution in [2.75, 3.05) is 5.32 Å². The van der Waals surface area contributed by atoms with Crippen molar-refractivity contribution in [2.45, 2.75) is 20.1 Å². The maximum Gasteiger partial charge on any atom is 0.292 e. The molecule has 0 aliphatic carbocycles. The van der Waals surface area contributed by atoms with E-state index in [2.05, 4.69) is 10.4 Å². The first-order valence-corrected chi connectivity index (χ1v) is 10.4. The van der Waals surface area contributed by atoms with Gasteiger partial charge in [-0.1, -0.05) is 53.5 Å². The summed E-state index contributed by atoms with van der Waals surface area (Å²) in [6.45, 7) is 2.17. The number of para-hydroxylation sites is 1. The maximum absolute atomic E-state index is 13.9. The second kappa shape index (κ2) is 9.46. The van der Waals surface area contributed by atoms with Crippen molar-refractivity contribution < 1.29 is 18.3 Å². The van der Waals surface area contributed by atoms with Crippen molar-refractivity contribution in [3.05, 3.63) is 99.3 Å². The number of aryl methyl sites for hydroxylation is 1. The molecule has 4 rings (SSSR count). The first kappa shape index (κ1) is 21.9. The molecular formula is C23H18Cl2FN3O3. The summed E-state index contributed by atoms with van der Waals surface area (Å²) in [5.74, 6) is 0.354. The van der Waals surface area contributed by atoms with Gasteiger partial charge in [-0.05, 0) is 36.8 Å². The average molecular weight is 474 g/mol. The van der Waals surface area contributed by atoms with E-state index in [1.165, 1.54) is 23.0 Å². The molecule has 0 spiro atoms. The van der Waals surface area contributed by atoms with Gasteiger partial charge in [-0.3, -0.25) is 9.48 Å². The van der Waals surface area contributed by atoms with Crippen LogP contribution in [-0.2, 0) is 13.2 Å². The molecule has 0 fully saturated rings. The Hall–Kier alpha value is -3.29. The van der Waals surface area contributed by atoms with Crippen molar-refractivity contribution in [3.8, 4) is 5.75 Å². The molecule has 9 heteroatoms. The smallest absolute Gasteiger partial charge is 0.292 e. The number of hydrogen-bond acceptors (Lipinski definition) is 4. The monoisotopic (exact) mass is 473 g/mol. The molecule has 32 heavy (non-hydrogen) atoms. The average Bonchev–Trinajstić information content (AvgIpc) is 3.36. The van der Waals surface area contributed by atoms with E-state index in [-0.39, 0.29) is 35.6 Å². The zero-order valence-corrected chi connectivity index (χ0v) is 18.5. The highest BCUT2D eigenvalue weighted by atomic mass is 35.5. The zero-order valence-electron chi connectivity index (χ0n) is 16.9. The summed E-state index contributed by atoms with van der Waals surface area (Å²) < 4.78 is 26.6. The van der Waals surface area contributed by atoms with Crippen molar-refractivity contribution >= 4 is 34.9 Å². The van der Waals surface area contributed by atoms with E-state index in [1.54, 1.807) is 30.3 Å². The van der Waals surface area contributed by atoms with Gasteiger partial charge in [-0.2, -0.15) is 5.10 Å². The second-order valence-electron chi connectivity index (χ2n) is 7.01. The number of anilines is 1. The number of rotatable bonds is 7. The van der Waals surface area contributed by atoms with E-state index in [9.17, 15) is 9.18 Å². The van der Waals surface area contributed by atoms with Crippen LogP contribution in [0.2, 0.25) is 10.0 Å². The Bertz CT molecular complexity index is 1250. The number of halogens is 3. The number of furan rings is 1. The van der Waals surface area contributed by atoms with Gasteiger partial charge >= 0.3 is 0 Å². The highest BCUT2D eigenvalue weighted by Crippen LogP contribution is 2.29. The van der Waals surface area contributed by atoms with E-state index in [0.29, 0.717) is 22.1 Å². The van der Waals surface area contributed by atoms with Gasteiger partial charge in [0.25, 0.3) is 5.91 Å². The molecular weight excluding hydrogens is 456 g/mol. The number of amides is 1. The van der Waals surface area contributed by atoms with Gasteiger partial charge < -0.3 is 14.5 Å². The van der Waals surface area contributed by atoms with Crippen LogP contribution in [0.15, 0.2) is 65.2 Å². The Morgan fingerprint density at radius 3 is 2.72 bits per heavy atom. The summed E-state index contributed by atoms with van der Waals surface area (Å²) in [5, 5.41) is 7.54. The molecule has 0 unspecified atom stereocenters. The Labute approximate surface area is 193 Å². The third-order valence-electron chi connectivity index (χ3n) is 4.65. The molecule has 0 saturated heterocycles. The highest BCUT2D eigenvalue weighted by molar-refractivity contribution is 6.33. The van der Waals surface area contributed by atoms with E-state index < -0.39 is 5.91 Å². The molecule has 0 atom stereocenters. The molecule has 2 heterocycles. The second-order valence-corrected chi connectivity index (χ2v) is 7.82. The van der Waals surface area contributed by atoms with Gasteiger partial charge in [0, 0.05) is 11.8 Å². The van der Waals surface area contributed by atoms with Crippen LogP contribution in [0.5, 0.6) is 5.75 Å². The lowest BCUT2D eigenvalue weighted by atomic mass is 10.2. The summed E-state index contributed by atoms with van der Waals surface area (Å²) in [6.07, 6.45) is 1.51. The number of nitrogens with one attached hydrogen (secondary N) is 1. The lowest BCUT2D eigenvalue weighted by Crippen LogP contribution is -2.12. The lowest BCUT2D eigenvalue weighted by molar-refractivity contribution is 0.0992. The minimum absolute atomic E-state index is 0.0687. The number of nitrogens with zero attached hydrogens (tertiary/aromatic N) is 2. The fourth-order valence-corrected chi connectivity index (χ4v) is 3.53. The molecule has 2 aromatic heterocycles. The lowest BCUT2D eigenvalue weighted by Gasteiger charge is -2.09. The number of aromatic nitrogens is 2. The highest BCUT2D eigenvalue weighted by Gasteiger charge is 2.17. The van der Waals surface area contributed by atoms with E-state index >= 15 is 0 Å². The third-order valence-corrected chi connectivity index (χ3v) is 5.22. The van der Waals surface area contributed by atoms with Gasteiger partial charge in [-0.15, -0.1) is 0 Å². The molecule has 4 aromatic rings.